The summed E-state index contributed by atoms with van der Waals surface area (Å²) in [6.07, 6.45) is 4.17. The number of benzene rings is 1. The lowest BCUT2D eigenvalue weighted by molar-refractivity contribution is -0.123. The van der Waals surface area contributed by atoms with Crippen molar-refractivity contribution in [1.29, 1.82) is 0 Å². The molecule has 1 aromatic rings. The van der Waals surface area contributed by atoms with Crippen LogP contribution < -0.4 is 15.8 Å². The van der Waals surface area contributed by atoms with Gasteiger partial charge in [0.1, 0.15) is 11.9 Å². The van der Waals surface area contributed by atoms with Gasteiger partial charge in [-0.25, -0.2) is 8.42 Å². The molecular formula is C17H25ClN4O3S. The number of nitrogens with two attached hydrogens (primary N) is 1. The molecule has 26 heavy (non-hydrogen) atoms. The minimum Gasteiger partial charge on any atom is -0.351 e. The molecule has 1 heterocycles. The molecule has 7 nitrogen and oxygen atoms in total. The molecule has 1 aliphatic heterocycles. The third-order valence-electron chi connectivity index (χ3n) is 4.90. The van der Waals surface area contributed by atoms with Crippen LogP contribution in [-0.4, -0.2) is 38.8 Å². The molecule has 3 unspecified atom stereocenters. The average Bonchev–Trinajstić information content (AvgIpc) is 2.86. The van der Waals surface area contributed by atoms with E-state index in [1.54, 1.807) is 25.1 Å². The third-order valence-corrected chi connectivity index (χ3v) is 6.30. The topological polar surface area (TPSA) is 114 Å². The van der Waals surface area contributed by atoms with E-state index in [0.717, 1.165) is 25.7 Å². The van der Waals surface area contributed by atoms with Gasteiger partial charge in [0.2, 0.25) is 5.91 Å². The number of aliphatic imine (C=N–C) groups is 1. The first-order valence-electron chi connectivity index (χ1n) is 8.63. The molecule has 1 fully saturated rings. The van der Waals surface area contributed by atoms with Gasteiger partial charge >= 0.3 is 0 Å². The lowest BCUT2D eigenvalue weighted by Crippen LogP contribution is -2.47. The Bertz CT molecular complexity index is 797. The maximum atomic E-state index is 12.5. The normalized spacial score (nSPS) is 26.3. The summed E-state index contributed by atoms with van der Waals surface area (Å²) in [6, 6.07) is 5.99. The second-order valence-corrected chi connectivity index (χ2v) is 8.30. The molecule has 1 amide bonds. The second-order valence-electron chi connectivity index (χ2n) is 6.65. The van der Waals surface area contributed by atoms with Crippen molar-refractivity contribution in [3.63, 3.8) is 0 Å². The first kappa shape index (κ1) is 20.7. The van der Waals surface area contributed by atoms with E-state index < -0.39 is 16.1 Å². The number of amidine groups is 1. The van der Waals surface area contributed by atoms with Crippen molar-refractivity contribution in [3.8, 4) is 0 Å². The van der Waals surface area contributed by atoms with Gasteiger partial charge in [0.15, 0.2) is 0 Å². The van der Waals surface area contributed by atoms with E-state index in [4.69, 9.17) is 5.73 Å². The first-order valence-corrected chi connectivity index (χ1v) is 10.1. The Morgan fingerprint density at radius 3 is 2.77 bits per heavy atom. The van der Waals surface area contributed by atoms with Gasteiger partial charge in [-0.05, 0) is 44.4 Å². The Kier molecular flexibility index (Phi) is 6.65. The van der Waals surface area contributed by atoms with Crippen LogP contribution in [0.4, 0.5) is 0 Å². The van der Waals surface area contributed by atoms with E-state index in [1.807, 2.05) is 0 Å². The van der Waals surface area contributed by atoms with Crippen LogP contribution >= 0.6 is 12.4 Å². The number of hydrogen-bond donors (Lipinski definition) is 3. The molecule has 3 rings (SSSR count). The zero-order valence-electron chi connectivity index (χ0n) is 14.6. The van der Waals surface area contributed by atoms with Gasteiger partial charge in [0, 0.05) is 11.6 Å². The minimum atomic E-state index is -3.60. The first-order chi connectivity index (χ1) is 11.9. The molecule has 1 aromatic carbocycles. The highest BCUT2D eigenvalue weighted by Crippen LogP contribution is 2.24. The van der Waals surface area contributed by atoms with E-state index in [0.29, 0.717) is 18.0 Å². The predicted octanol–water partition coefficient (Wildman–Crippen LogP) is 1.17. The molecule has 0 saturated heterocycles. The van der Waals surface area contributed by atoms with Crippen LogP contribution in [0.1, 0.15) is 38.2 Å². The van der Waals surface area contributed by atoms with Crippen LogP contribution in [0.2, 0.25) is 0 Å². The van der Waals surface area contributed by atoms with Crippen molar-refractivity contribution in [2.75, 3.05) is 6.54 Å². The number of nitrogens with one attached hydrogen (secondary N) is 2. The van der Waals surface area contributed by atoms with Crippen molar-refractivity contribution >= 4 is 34.2 Å². The monoisotopic (exact) mass is 400 g/mol. The van der Waals surface area contributed by atoms with Crippen molar-refractivity contribution in [1.82, 2.24) is 10.0 Å². The molecule has 1 aliphatic carbocycles. The van der Waals surface area contributed by atoms with E-state index in [1.165, 1.54) is 6.07 Å². The van der Waals surface area contributed by atoms with Crippen LogP contribution in [0.3, 0.4) is 0 Å². The number of halogens is 1. The molecule has 0 radical (unpaired) electrons. The molecule has 9 heteroatoms. The Morgan fingerprint density at radius 2 is 2.04 bits per heavy atom. The number of carbonyl (C=O) groups is 1. The predicted molar refractivity (Wildman–Crippen MR) is 103 cm³/mol. The second kappa shape index (κ2) is 8.37. The van der Waals surface area contributed by atoms with Crippen molar-refractivity contribution in [2.45, 2.75) is 49.6 Å². The molecule has 4 N–H and O–H groups in total. The molecule has 2 aliphatic rings. The zero-order chi connectivity index (χ0) is 18.0. The van der Waals surface area contributed by atoms with Crippen molar-refractivity contribution < 1.29 is 13.2 Å². The van der Waals surface area contributed by atoms with Crippen LogP contribution in [-0.2, 0) is 14.8 Å². The number of rotatable bonds is 4. The van der Waals surface area contributed by atoms with Crippen LogP contribution in [0.25, 0.3) is 0 Å². The maximum absolute atomic E-state index is 12.5. The van der Waals surface area contributed by atoms with Gasteiger partial charge < -0.3 is 11.1 Å². The summed E-state index contributed by atoms with van der Waals surface area (Å²) in [5.41, 5.74) is 6.30. The molecule has 1 saturated carbocycles. The summed E-state index contributed by atoms with van der Waals surface area (Å²) in [5, 5.41) is 3.04. The fourth-order valence-corrected chi connectivity index (χ4v) is 4.70. The van der Waals surface area contributed by atoms with Crippen molar-refractivity contribution in [2.24, 2.45) is 16.6 Å². The van der Waals surface area contributed by atoms with Gasteiger partial charge in [-0.2, -0.15) is 0 Å². The number of fused-ring (bicyclic) bond motifs is 1. The number of nitrogens with zero attached hydrogens (tertiary/aromatic N) is 1. The highest BCUT2D eigenvalue weighted by atomic mass is 35.5. The molecule has 3 atom stereocenters. The lowest BCUT2D eigenvalue weighted by Gasteiger charge is -2.31. The average molecular weight is 401 g/mol. The fourth-order valence-electron chi connectivity index (χ4n) is 3.47. The molecule has 0 bridgehead atoms. The van der Waals surface area contributed by atoms with Gasteiger partial charge in [-0.15, -0.1) is 12.4 Å². The van der Waals surface area contributed by atoms with E-state index in [9.17, 15) is 13.2 Å². The number of carbonyl (C=O) groups excluding carboxylic acids is 1. The fraction of sp³-hybridized carbons (Fsp3) is 0.529. The summed E-state index contributed by atoms with van der Waals surface area (Å²) >= 11 is 0. The SMILES string of the molecule is CC(N=C1NS(=O)(=O)c2ccccc21)C(=O)NC1CCCCC1CN.Cl. The third kappa shape index (κ3) is 4.19. The highest BCUT2D eigenvalue weighted by Gasteiger charge is 2.32. The summed E-state index contributed by atoms with van der Waals surface area (Å²) in [5.74, 6) is 0.307. The van der Waals surface area contributed by atoms with Crippen LogP contribution in [0.15, 0.2) is 34.2 Å². The number of amides is 1. The quantitative estimate of drug-likeness (QED) is 0.703. The molecular weight excluding hydrogens is 376 g/mol. The van der Waals surface area contributed by atoms with Crippen LogP contribution in [0, 0.1) is 5.92 Å². The van der Waals surface area contributed by atoms with Gasteiger partial charge in [0.05, 0.1) is 4.90 Å². The van der Waals surface area contributed by atoms with Gasteiger partial charge in [-0.3, -0.25) is 14.5 Å². The molecule has 144 valence electrons. The Hall–Kier alpha value is -1.64. The van der Waals surface area contributed by atoms with Crippen molar-refractivity contribution in [3.05, 3.63) is 29.8 Å². The van der Waals surface area contributed by atoms with E-state index in [-0.39, 0.29) is 35.1 Å². The van der Waals surface area contributed by atoms with Gasteiger partial charge in [-0.1, -0.05) is 25.0 Å². The lowest BCUT2D eigenvalue weighted by atomic mass is 9.84. The van der Waals surface area contributed by atoms with Crippen LogP contribution in [0.5, 0.6) is 0 Å². The summed E-state index contributed by atoms with van der Waals surface area (Å²) < 4.78 is 26.6. The Morgan fingerprint density at radius 1 is 1.35 bits per heavy atom. The summed E-state index contributed by atoms with van der Waals surface area (Å²) in [7, 11) is -3.60. The minimum absolute atomic E-state index is 0. The summed E-state index contributed by atoms with van der Waals surface area (Å²) in [4.78, 5) is 17.0. The zero-order valence-corrected chi connectivity index (χ0v) is 16.3. The Labute approximate surface area is 160 Å². The standard InChI is InChI=1S/C17H24N4O3S.ClH/c1-11(17(22)20-14-8-4-2-6-12(14)10-18)19-16-13-7-3-5-9-15(13)25(23,24)21-16;/h3,5,7,9,11-12,14H,2,4,6,8,10,18H2,1H3,(H,19,21)(H,20,22);1H. The summed E-state index contributed by atoms with van der Waals surface area (Å²) in [6.45, 7) is 2.22. The van der Waals surface area contributed by atoms with E-state index in [2.05, 4.69) is 15.0 Å². The highest BCUT2D eigenvalue weighted by molar-refractivity contribution is 7.90. The largest absolute Gasteiger partial charge is 0.351 e. The maximum Gasteiger partial charge on any atom is 0.263 e. The van der Waals surface area contributed by atoms with E-state index >= 15 is 0 Å². The molecule has 0 spiro atoms. The Balaban J connectivity index is 0.00000243. The number of sulfonamides is 1. The molecule has 0 aromatic heterocycles. The number of hydrogen-bond acceptors (Lipinski definition) is 5. The van der Waals surface area contributed by atoms with Gasteiger partial charge in [0.25, 0.3) is 10.0 Å². The smallest absolute Gasteiger partial charge is 0.263 e.